The Bertz CT molecular complexity index is 535. The molecule has 1 unspecified atom stereocenters. The van der Waals surface area contributed by atoms with E-state index in [2.05, 4.69) is 10.6 Å². The summed E-state index contributed by atoms with van der Waals surface area (Å²) in [5.41, 5.74) is 0.702. The van der Waals surface area contributed by atoms with Crippen LogP contribution in [0.5, 0.6) is 0 Å². The topological polar surface area (TPSA) is 61.4 Å². The fourth-order valence-electron chi connectivity index (χ4n) is 2.39. The van der Waals surface area contributed by atoms with Gasteiger partial charge in [-0.15, -0.1) is 0 Å². The normalized spacial score (nSPS) is 20.6. The van der Waals surface area contributed by atoms with E-state index < -0.39 is 10.0 Å². The molecule has 2 N–H and O–H groups in total. The van der Waals surface area contributed by atoms with Gasteiger partial charge in [-0.3, -0.25) is 0 Å². The first kappa shape index (κ1) is 15.3. The van der Waals surface area contributed by atoms with Gasteiger partial charge in [-0.1, -0.05) is 12.1 Å². The lowest BCUT2D eigenvalue weighted by molar-refractivity contribution is 0.520. The molecule has 1 saturated heterocycles. The Morgan fingerprint density at radius 2 is 1.95 bits per heavy atom. The first-order valence-electron chi connectivity index (χ1n) is 7.00. The molecule has 0 radical (unpaired) electrons. The lowest BCUT2D eigenvalue weighted by Gasteiger charge is -2.21. The van der Waals surface area contributed by atoms with Gasteiger partial charge in [0.15, 0.2) is 0 Å². The summed E-state index contributed by atoms with van der Waals surface area (Å²) in [6.07, 6.45) is 3.18. The Hall–Kier alpha value is -1.11. The second kappa shape index (κ2) is 6.56. The molecule has 0 saturated carbocycles. The zero-order valence-electron chi connectivity index (χ0n) is 12.1. The van der Waals surface area contributed by atoms with Gasteiger partial charge in [0.25, 0.3) is 0 Å². The van der Waals surface area contributed by atoms with Gasteiger partial charge in [0.2, 0.25) is 10.0 Å². The molecule has 0 bridgehead atoms. The standard InChI is InChI=1S/C14H23N3O2S/c1-17(2)20(18,19)14-8-4-3-7-13(14)16-12-6-5-10-15-11-9-12/h3-4,7-8,12,15-16H,5-6,9-11H2,1-2H3. The van der Waals surface area contributed by atoms with E-state index >= 15 is 0 Å². The highest BCUT2D eigenvalue weighted by atomic mass is 32.2. The van der Waals surface area contributed by atoms with Gasteiger partial charge in [0, 0.05) is 20.1 Å². The Morgan fingerprint density at radius 3 is 2.70 bits per heavy atom. The maximum atomic E-state index is 12.3. The fraction of sp³-hybridized carbons (Fsp3) is 0.571. The number of hydrogen-bond donors (Lipinski definition) is 2. The van der Waals surface area contributed by atoms with Crippen LogP contribution in [0.2, 0.25) is 0 Å². The number of anilines is 1. The van der Waals surface area contributed by atoms with Gasteiger partial charge in [0.1, 0.15) is 4.90 Å². The molecule has 1 aromatic rings. The number of rotatable bonds is 4. The van der Waals surface area contributed by atoms with Crippen molar-refractivity contribution in [3.05, 3.63) is 24.3 Å². The van der Waals surface area contributed by atoms with Gasteiger partial charge in [-0.25, -0.2) is 12.7 Å². The molecule has 1 heterocycles. The minimum atomic E-state index is -3.41. The summed E-state index contributed by atoms with van der Waals surface area (Å²) in [5, 5.41) is 6.76. The summed E-state index contributed by atoms with van der Waals surface area (Å²) >= 11 is 0. The highest BCUT2D eigenvalue weighted by Crippen LogP contribution is 2.25. The molecular formula is C14H23N3O2S. The molecular weight excluding hydrogens is 274 g/mol. The van der Waals surface area contributed by atoms with Gasteiger partial charge < -0.3 is 10.6 Å². The lowest BCUT2D eigenvalue weighted by Crippen LogP contribution is -2.26. The van der Waals surface area contributed by atoms with E-state index in [-0.39, 0.29) is 0 Å². The van der Waals surface area contributed by atoms with Crippen molar-refractivity contribution in [3.63, 3.8) is 0 Å². The van der Waals surface area contributed by atoms with Gasteiger partial charge in [-0.05, 0) is 44.5 Å². The second-order valence-corrected chi connectivity index (χ2v) is 7.43. The Kier molecular flexibility index (Phi) is 5.01. The van der Waals surface area contributed by atoms with E-state index in [1.165, 1.54) is 4.31 Å². The molecule has 1 atom stereocenters. The van der Waals surface area contributed by atoms with Crippen molar-refractivity contribution in [1.82, 2.24) is 9.62 Å². The minimum absolute atomic E-state index is 0.323. The van der Waals surface area contributed by atoms with Crippen molar-refractivity contribution < 1.29 is 8.42 Å². The lowest BCUT2D eigenvalue weighted by atomic mass is 10.1. The largest absolute Gasteiger partial charge is 0.381 e. The third-order valence-electron chi connectivity index (χ3n) is 3.58. The Morgan fingerprint density at radius 1 is 1.20 bits per heavy atom. The third kappa shape index (κ3) is 3.50. The molecule has 0 amide bonds. The van der Waals surface area contributed by atoms with Crippen LogP contribution in [0.3, 0.4) is 0 Å². The number of hydrogen-bond acceptors (Lipinski definition) is 4. The second-order valence-electron chi connectivity index (χ2n) is 5.31. The number of para-hydroxylation sites is 1. The van der Waals surface area contributed by atoms with Crippen molar-refractivity contribution in [2.45, 2.75) is 30.2 Å². The fourth-order valence-corrected chi connectivity index (χ4v) is 3.44. The minimum Gasteiger partial charge on any atom is -0.381 e. The van der Waals surface area contributed by atoms with Gasteiger partial charge >= 0.3 is 0 Å². The van der Waals surface area contributed by atoms with E-state index in [0.29, 0.717) is 16.6 Å². The van der Waals surface area contributed by atoms with E-state index in [1.807, 2.05) is 12.1 Å². The van der Waals surface area contributed by atoms with Crippen molar-refractivity contribution in [2.24, 2.45) is 0 Å². The summed E-state index contributed by atoms with van der Waals surface area (Å²) < 4.78 is 25.9. The maximum Gasteiger partial charge on any atom is 0.244 e. The molecule has 2 rings (SSSR count). The van der Waals surface area contributed by atoms with Crippen LogP contribution in [0, 0.1) is 0 Å². The Balaban J connectivity index is 2.24. The van der Waals surface area contributed by atoms with Crippen LogP contribution in [-0.2, 0) is 10.0 Å². The van der Waals surface area contributed by atoms with E-state index in [9.17, 15) is 8.42 Å². The predicted octanol–water partition coefficient (Wildman–Crippen LogP) is 1.49. The Labute approximate surface area is 121 Å². The SMILES string of the molecule is CN(C)S(=O)(=O)c1ccccc1NC1CCCNCC1. The van der Waals surface area contributed by atoms with E-state index in [0.717, 1.165) is 32.4 Å². The molecule has 20 heavy (non-hydrogen) atoms. The molecule has 6 heteroatoms. The van der Waals surface area contributed by atoms with Crippen LogP contribution in [0.1, 0.15) is 19.3 Å². The average molecular weight is 297 g/mol. The van der Waals surface area contributed by atoms with Crippen LogP contribution >= 0.6 is 0 Å². The third-order valence-corrected chi connectivity index (χ3v) is 5.45. The highest BCUT2D eigenvalue weighted by Gasteiger charge is 2.22. The van der Waals surface area contributed by atoms with Crippen molar-refractivity contribution in [3.8, 4) is 0 Å². The maximum absolute atomic E-state index is 12.3. The highest BCUT2D eigenvalue weighted by molar-refractivity contribution is 7.89. The molecule has 1 aromatic carbocycles. The van der Waals surface area contributed by atoms with Crippen molar-refractivity contribution in [1.29, 1.82) is 0 Å². The van der Waals surface area contributed by atoms with Crippen molar-refractivity contribution >= 4 is 15.7 Å². The summed E-state index contributed by atoms with van der Waals surface area (Å²) in [5.74, 6) is 0. The molecule has 5 nitrogen and oxygen atoms in total. The quantitative estimate of drug-likeness (QED) is 0.884. The first-order chi connectivity index (χ1) is 9.51. The number of nitrogens with zero attached hydrogens (tertiary/aromatic N) is 1. The van der Waals surface area contributed by atoms with Crippen LogP contribution in [0.4, 0.5) is 5.69 Å². The van der Waals surface area contributed by atoms with Crippen LogP contribution in [-0.4, -0.2) is 45.9 Å². The summed E-state index contributed by atoms with van der Waals surface area (Å²) in [4.78, 5) is 0.349. The van der Waals surface area contributed by atoms with Gasteiger partial charge in [0.05, 0.1) is 5.69 Å². The van der Waals surface area contributed by atoms with Crippen molar-refractivity contribution in [2.75, 3.05) is 32.5 Å². The van der Waals surface area contributed by atoms with E-state index in [4.69, 9.17) is 0 Å². The van der Waals surface area contributed by atoms with Gasteiger partial charge in [-0.2, -0.15) is 0 Å². The average Bonchev–Trinajstić information content (AvgIpc) is 2.67. The zero-order chi connectivity index (χ0) is 14.6. The number of nitrogens with one attached hydrogen (secondary N) is 2. The molecule has 1 aliphatic rings. The first-order valence-corrected chi connectivity index (χ1v) is 8.44. The molecule has 0 aliphatic carbocycles. The predicted molar refractivity (Wildman–Crippen MR) is 81.4 cm³/mol. The monoisotopic (exact) mass is 297 g/mol. The number of benzene rings is 1. The van der Waals surface area contributed by atoms with E-state index in [1.54, 1.807) is 26.2 Å². The van der Waals surface area contributed by atoms with Crippen LogP contribution in [0.15, 0.2) is 29.2 Å². The number of sulfonamides is 1. The summed E-state index contributed by atoms with van der Waals surface area (Å²) in [6.45, 7) is 2.01. The summed E-state index contributed by atoms with van der Waals surface area (Å²) in [7, 11) is -0.298. The van der Waals surface area contributed by atoms with Crippen LogP contribution < -0.4 is 10.6 Å². The molecule has 1 fully saturated rings. The summed E-state index contributed by atoms with van der Waals surface area (Å²) in [6, 6.07) is 7.45. The molecule has 0 aromatic heterocycles. The molecule has 112 valence electrons. The van der Waals surface area contributed by atoms with Crippen LogP contribution in [0.25, 0.3) is 0 Å². The smallest absolute Gasteiger partial charge is 0.244 e. The molecule has 1 aliphatic heterocycles. The molecule has 0 spiro atoms. The zero-order valence-corrected chi connectivity index (χ0v) is 12.9.